The number of amides is 2. The number of benzene rings is 1. The molecule has 2 atom stereocenters. The summed E-state index contributed by atoms with van der Waals surface area (Å²) < 4.78 is 5.82. The maximum absolute atomic E-state index is 12.6. The average Bonchev–Trinajstić information content (AvgIpc) is 2.62. The second kappa shape index (κ2) is 8.85. The van der Waals surface area contributed by atoms with Gasteiger partial charge in [0.05, 0.1) is 0 Å². The molecule has 2 rings (SSSR count). The van der Waals surface area contributed by atoms with Crippen LogP contribution in [-0.2, 0) is 9.59 Å². The Bertz CT molecular complexity index is 597. The van der Waals surface area contributed by atoms with Crippen LogP contribution in [0.5, 0.6) is 5.75 Å². The van der Waals surface area contributed by atoms with Crippen molar-refractivity contribution < 1.29 is 14.3 Å². The minimum absolute atomic E-state index is 0.0291. The van der Waals surface area contributed by atoms with Gasteiger partial charge in [0.2, 0.25) is 5.91 Å². The van der Waals surface area contributed by atoms with Crippen molar-refractivity contribution in [2.45, 2.75) is 26.9 Å². The van der Waals surface area contributed by atoms with Crippen molar-refractivity contribution in [3.63, 3.8) is 0 Å². The number of hydrogen-bond acceptors (Lipinski definition) is 4. The van der Waals surface area contributed by atoms with Crippen LogP contribution in [0, 0.1) is 12.8 Å². The van der Waals surface area contributed by atoms with Crippen molar-refractivity contribution >= 4 is 11.8 Å². The maximum atomic E-state index is 12.6. The lowest BCUT2D eigenvalue weighted by Gasteiger charge is -2.37. The molecule has 138 valence electrons. The molecule has 0 spiro atoms. The van der Waals surface area contributed by atoms with E-state index in [4.69, 9.17) is 4.74 Å². The van der Waals surface area contributed by atoms with E-state index >= 15 is 0 Å². The standard InChI is InChI=1S/C19H29N3O3/c1-14-7-5-6-8-17(14)25-16(3)19(24)22-11-9-21(10-12-22)18(23)15(2)13-20-4/h5-8,15-16,20H,9-13H2,1-4H3. The fourth-order valence-corrected chi connectivity index (χ4v) is 3.04. The van der Waals surface area contributed by atoms with Gasteiger partial charge >= 0.3 is 0 Å². The first kappa shape index (κ1) is 19.2. The monoisotopic (exact) mass is 347 g/mol. The Balaban J connectivity index is 1.86. The van der Waals surface area contributed by atoms with Crippen molar-refractivity contribution in [1.82, 2.24) is 15.1 Å². The largest absolute Gasteiger partial charge is 0.481 e. The lowest BCUT2D eigenvalue weighted by Crippen LogP contribution is -2.54. The summed E-state index contributed by atoms with van der Waals surface area (Å²) in [5, 5.41) is 3.03. The third-order valence-electron chi connectivity index (χ3n) is 4.58. The molecule has 1 saturated heterocycles. The Hall–Kier alpha value is -2.08. The quantitative estimate of drug-likeness (QED) is 0.842. The zero-order chi connectivity index (χ0) is 18.4. The highest BCUT2D eigenvalue weighted by Crippen LogP contribution is 2.19. The van der Waals surface area contributed by atoms with Crippen molar-refractivity contribution in [2.75, 3.05) is 39.8 Å². The topological polar surface area (TPSA) is 61.9 Å². The maximum Gasteiger partial charge on any atom is 0.263 e. The summed E-state index contributed by atoms with van der Waals surface area (Å²) in [6.07, 6.45) is -0.536. The van der Waals surface area contributed by atoms with Gasteiger partial charge < -0.3 is 19.9 Å². The van der Waals surface area contributed by atoms with E-state index < -0.39 is 6.10 Å². The summed E-state index contributed by atoms with van der Waals surface area (Å²) in [5.74, 6) is 0.804. The zero-order valence-electron chi connectivity index (χ0n) is 15.6. The second-order valence-electron chi connectivity index (χ2n) is 6.63. The highest BCUT2D eigenvalue weighted by atomic mass is 16.5. The van der Waals surface area contributed by atoms with Gasteiger partial charge in [0, 0.05) is 38.6 Å². The summed E-state index contributed by atoms with van der Waals surface area (Å²) in [5.41, 5.74) is 1.01. The van der Waals surface area contributed by atoms with E-state index in [0.717, 1.165) is 11.3 Å². The molecule has 6 nitrogen and oxygen atoms in total. The molecule has 0 aliphatic carbocycles. The van der Waals surface area contributed by atoms with Gasteiger partial charge in [-0.05, 0) is 32.5 Å². The first-order valence-corrected chi connectivity index (χ1v) is 8.88. The molecule has 2 amide bonds. The minimum Gasteiger partial charge on any atom is -0.481 e. The van der Waals surface area contributed by atoms with Crippen molar-refractivity contribution in [3.8, 4) is 5.75 Å². The lowest BCUT2D eigenvalue weighted by atomic mass is 10.1. The molecule has 1 aliphatic heterocycles. The summed E-state index contributed by atoms with van der Waals surface area (Å²) in [6.45, 7) is 8.60. The van der Waals surface area contributed by atoms with Crippen LogP contribution in [0.25, 0.3) is 0 Å². The van der Waals surface area contributed by atoms with E-state index in [1.54, 1.807) is 11.8 Å². The molecule has 1 aliphatic rings. The molecular weight excluding hydrogens is 318 g/mol. The molecule has 0 saturated carbocycles. The molecule has 0 bridgehead atoms. The third-order valence-corrected chi connectivity index (χ3v) is 4.58. The van der Waals surface area contributed by atoms with Gasteiger partial charge in [-0.25, -0.2) is 0 Å². The molecule has 1 aromatic carbocycles. The molecule has 0 radical (unpaired) electrons. The van der Waals surface area contributed by atoms with Crippen molar-refractivity contribution in [1.29, 1.82) is 0 Å². The van der Waals surface area contributed by atoms with E-state index in [-0.39, 0.29) is 17.7 Å². The summed E-state index contributed by atoms with van der Waals surface area (Å²) in [6, 6.07) is 7.68. The fraction of sp³-hybridized carbons (Fsp3) is 0.579. The van der Waals surface area contributed by atoms with E-state index in [1.165, 1.54) is 0 Å². The first-order valence-electron chi connectivity index (χ1n) is 8.88. The Morgan fingerprint density at radius 3 is 2.20 bits per heavy atom. The van der Waals surface area contributed by atoms with Crippen LogP contribution >= 0.6 is 0 Å². The van der Waals surface area contributed by atoms with E-state index in [2.05, 4.69) is 5.32 Å². The second-order valence-corrected chi connectivity index (χ2v) is 6.63. The van der Waals surface area contributed by atoms with Gasteiger partial charge in [0.15, 0.2) is 6.10 Å². The number of nitrogens with one attached hydrogen (secondary N) is 1. The van der Waals surface area contributed by atoms with Gasteiger partial charge in [-0.1, -0.05) is 25.1 Å². The molecular formula is C19H29N3O3. The third kappa shape index (κ3) is 4.95. The Labute approximate surface area is 150 Å². The van der Waals surface area contributed by atoms with Crippen molar-refractivity contribution in [2.24, 2.45) is 5.92 Å². The van der Waals surface area contributed by atoms with Crippen LogP contribution in [-0.4, -0.2) is 67.5 Å². The van der Waals surface area contributed by atoms with Gasteiger partial charge in [0.1, 0.15) is 5.75 Å². The molecule has 1 heterocycles. The molecule has 25 heavy (non-hydrogen) atoms. The van der Waals surface area contributed by atoms with Gasteiger partial charge in [-0.15, -0.1) is 0 Å². The number of carbonyl (C=O) groups excluding carboxylic acids is 2. The van der Waals surface area contributed by atoms with Crippen LogP contribution < -0.4 is 10.1 Å². The normalized spacial score (nSPS) is 17.1. The number of nitrogens with zero attached hydrogens (tertiary/aromatic N) is 2. The average molecular weight is 347 g/mol. The van der Waals surface area contributed by atoms with E-state index in [9.17, 15) is 9.59 Å². The van der Waals surface area contributed by atoms with Crippen molar-refractivity contribution in [3.05, 3.63) is 29.8 Å². The number of rotatable bonds is 6. The molecule has 0 aromatic heterocycles. The predicted molar refractivity (Wildman–Crippen MR) is 97.5 cm³/mol. The molecule has 1 aromatic rings. The number of para-hydroxylation sites is 1. The molecule has 1 N–H and O–H groups in total. The Morgan fingerprint density at radius 1 is 1.08 bits per heavy atom. The predicted octanol–water partition coefficient (Wildman–Crippen LogP) is 1.29. The minimum atomic E-state index is -0.536. The van der Waals surface area contributed by atoms with Gasteiger partial charge in [0.25, 0.3) is 5.91 Å². The summed E-state index contributed by atoms with van der Waals surface area (Å²) in [7, 11) is 1.84. The number of carbonyl (C=O) groups is 2. The lowest BCUT2D eigenvalue weighted by molar-refractivity contribution is -0.145. The fourth-order valence-electron chi connectivity index (χ4n) is 3.04. The number of aryl methyl sites for hydroxylation is 1. The molecule has 1 fully saturated rings. The van der Waals surface area contributed by atoms with Crippen LogP contribution in [0.1, 0.15) is 19.4 Å². The summed E-state index contributed by atoms with van der Waals surface area (Å²) in [4.78, 5) is 28.6. The first-order chi connectivity index (χ1) is 11.9. The van der Waals surface area contributed by atoms with Crippen LogP contribution in [0.4, 0.5) is 0 Å². The Kier molecular flexibility index (Phi) is 6.82. The highest BCUT2D eigenvalue weighted by Gasteiger charge is 2.29. The van der Waals surface area contributed by atoms with Gasteiger partial charge in [-0.3, -0.25) is 9.59 Å². The summed E-state index contributed by atoms with van der Waals surface area (Å²) >= 11 is 0. The van der Waals surface area contributed by atoms with E-state index in [1.807, 2.05) is 50.1 Å². The number of hydrogen-bond donors (Lipinski definition) is 1. The van der Waals surface area contributed by atoms with Crippen LogP contribution in [0.2, 0.25) is 0 Å². The zero-order valence-corrected chi connectivity index (χ0v) is 15.6. The van der Waals surface area contributed by atoms with Crippen LogP contribution in [0.3, 0.4) is 0 Å². The Morgan fingerprint density at radius 2 is 1.64 bits per heavy atom. The van der Waals surface area contributed by atoms with Gasteiger partial charge in [-0.2, -0.15) is 0 Å². The number of piperazine rings is 1. The number of ether oxygens (including phenoxy) is 1. The SMILES string of the molecule is CNCC(C)C(=O)N1CCN(C(=O)C(C)Oc2ccccc2C)CC1. The molecule has 6 heteroatoms. The van der Waals surface area contributed by atoms with E-state index in [0.29, 0.717) is 32.7 Å². The molecule has 2 unspecified atom stereocenters. The van der Waals surface area contributed by atoms with Crippen LogP contribution in [0.15, 0.2) is 24.3 Å². The highest BCUT2D eigenvalue weighted by molar-refractivity contribution is 5.82. The smallest absolute Gasteiger partial charge is 0.263 e.